The molecule has 0 N–H and O–H groups in total. The van der Waals surface area contributed by atoms with E-state index in [1.165, 1.54) is 7.11 Å². The van der Waals surface area contributed by atoms with Crippen molar-refractivity contribution in [3.8, 4) is 11.5 Å². The second-order valence-electron chi connectivity index (χ2n) is 6.64. The van der Waals surface area contributed by atoms with Gasteiger partial charge in [0.25, 0.3) is 0 Å². The Balaban J connectivity index is 1.71. The standard InChI is InChI=1S/C23H21NO6S2/c1-17-11-13-21(14-12-17)31-22(23(25)28-2)24-30-32(26,27)16-18-7-6-10-20(15-18)29-19-8-4-3-5-9-19/h3-15H,16H2,1-2H3. The highest BCUT2D eigenvalue weighted by atomic mass is 32.2. The first-order chi connectivity index (χ1) is 15.3. The maximum atomic E-state index is 12.5. The van der Waals surface area contributed by atoms with E-state index in [1.54, 1.807) is 48.5 Å². The van der Waals surface area contributed by atoms with Gasteiger partial charge in [-0.3, -0.25) is 4.28 Å². The summed E-state index contributed by atoms with van der Waals surface area (Å²) in [5, 5.41) is 3.32. The summed E-state index contributed by atoms with van der Waals surface area (Å²) in [6, 6.07) is 23.0. The molecule has 7 nitrogen and oxygen atoms in total. The summed E-state index contributed by atoms with van der Waals surface area (Å²) in [5.74, 6) is -0.141. The van der Waals surface area contributed by atoms with Gasteiger partial charge in [-0.25, -0.2) is 4.79 Å². The van der Waals surface area contributed by atoms with E-state index in [9.17, 15) is 13.2 Å². The molecule has 9 heteroatoms. The Morgan fingerprint density at radius 1 is 0.938 bits per heavy atom. The Bertz CT molecular complexity index is 1190. The molecule has 32 heavy (non-hydrogen) atoms. The number of carbonyl (C=O) groups excluding carboxylic acids is 1. The van der Waals surface area contributed by atoms with Crippen molar-refractivity contribution in [1.29, 1.82) is 0 Å². The largest absolute Gasteiger partial charge is 0.464 e. The number of methoxy groups -OCH3 is 1. The van der Waals surface area contributed by atoms with E-state index in [0.29, 0.717) is 22.0 Å². The Hall–Kier alpha value is -3.30. The molecular weight excluding hydrogens is 450 g/mol. The highest BCUT2D eigenvalue weighted by Gasteiger charge is 2.19. The first-order valence-corrected chi connectivity index (χ1v) is 11.9. The minimum absolute atomic E-state index is 0.235. The number of para-hydroxylation sites is 1. The molecule has 0 radical (unpaired) electrons. The molecule has 0 aliphatic rings. The molecule has 0 saturated heterocycles. The topological polar surface area (TPSA) is 91.3 Å². The molecule has 3 aromatic carbocycles. The number of ether oxygens (including phenoxy) is 2. The van der Waals surface area contributed by atoms with Gasteiger partial charge in [-0.15, -0.1) is 0 Å². The third-order valence-electron chi connectivity index (χ3n) is 4.05. The quantitative estimate of drug-likeness (QED) is 0.159. The fraction of sp³-hybridized carbons (Fsp3) is 0.130. The molecule has 0 amide bonds. The summed E-state index contributed by atoms with van der Waals surface area (Å²) in [7, 11) is -2.94. The Morgan fingerprint density at radius 3 is 2.31 bits per heavy atom. The van der Waals surface area contributed by atoms with Crippen molar-refractivity contribution < 1.29 is 27.0 Å². The van der Waals surface area contributed by atoms with E-state index < -0.39 is 21.8 Å². The summed E-state index contributed by atoms with van der Waals surface area (Å²) >= 11 is 0.947. The van der Waals surface area contributed by atoms with Crippen LogP contribution in [-0.4, -0.2) is 26.5 Å². The average Bonchev–Trinajstić information content (AvgIpc) is 2.78. The number of benzene rings is 3. The van der Waals surface area contributed by atoms with Crippen LogP contribution in [-0.2, 0) is 29.7 Å². The molecule has 0 unspecified atom stereocenters. The van der Waals surface area contributed by atoms with Gasteiger partial charge in [-0.1, -0.05) is 64.9 Å². The van der Waals surface area contributed by atoms with Gasteiger partial charge >= 0.3 is 16.1 Å². The van der Waals surface area contributed by atoms with E-state index in [2.05, 4.69) is 9.89 Å². The molecule has 166 valence electrons. The summed E-state index contributed by atoms with van der Waals surface area (Å²) < 4.78 is 40.1. The van der Waals surface area contributed by atoms with E-state index in [-0.39, 0.29) is 5.04 Å². The van der Waals surface area contributed by atoms with Crippen molar-refractivity contribution in [2.24, 2.45) is 5.16 Å². The van der Waals surface area contributed by atoms with Crippen LogP contribution < -0.4 is 4.74 Å². The molecule has 0 aliphatic carbocycles. The van der Waals surface area contributed by atoms with Gasteiger partial charge in [-0.05, 0) is 48.9 Å². The molecule has 0 spiro atoms. The van der Waals surface area contributed by atoms with Crippen LogP contribution in [0.4, 0.5) is 0 Å². The minimum Gasteiger partial charge on any atom is -0.464 e. The predicted molar refractivity (Wildman–Crippen MR) is 123 cm³/mol. The van der Waals surface area contributed by atoms with Crippen LogP contribution in [0.3, 0.4) is 0 Å². The van der Waals surface area contributed by atoms with Crippen LogP contribution in [0, 0.1) is 6.92 Å². The summed E-state index contributed by atoms with van der Waals surface area (Å²) in [6.45, 7) is 1.93. The van der Waals surface area contributed by atoms with Gasteiger partial charge in [0, 0.05) is 4.90 Å². The number of oxime groups is 1. The SMILES string of the molecule is COC(=O)C(=NOS(=O)(=O)Cc1cccc(Oc2ccccc2)c1)Sc1ccc(C)cc1. The fourth-order valence-electron chi connectivity index (χ4n) is 2.55. The first-order valence-electron chi connectivity index (χ1n) is 9.48. The van der Waals surface area contributed by atoms with E-state index >= 15 is 0 Å². The van der Waals surface area contributed by atoms with Crippen LogP contribution in [0.25, 0.3) is 0 Å². The van der Waals surface area contributed by atoms with Gasteiger partial charge < -0.3 is 9.47 Å². The van der Waals surface area contributed by atoms with E-state index in [4.69, 9.17) is 9.02 Å². The number of rotatable bonds is 7. The molecule has 3 rings (SSSR count). The molecule has 0 atom stereocenters. The lowest BCUT2D eigenvalue weighted by atomic mass is 10.2. The van der Waals surface area contributed by atoms with Crippen molar-refractivity contribution in [3.63, 3.8) is 0 Å². The summed E-state index contributed by atoms with van der Waals surface area (Å²) in [6.07, 6.45) is 0. The normalized spacial score (nSPS) is 11.6. The van der Waals surface area contributed by atoms with Crippen molar-refractivity contribution in [3.05, 3.63) is 90.0 Å². The van der Waals surface area contributed by atoms with Gasteiger partial charge in [0.05, 0.1) is 7.11 Å². The lowest BCUT2D eigenvalue weighted by Crippen LogP contribution is -2.14. The molecule has 3 aromatic rings. The van der Waals surface area contributed by atoms with Gasteiger partial charge in [0.1, 0.15) is 17.3 Å². The van der Waals surface area contributed by atoms with Crippen molar-refractivity contribution in [2.45, 2.75) is 17.6 Å². The maximum absolute atomic E-state index is 12.5. The van der Waals surface area contributed by atoms with Crippen LogP contribution in [0.5, 0.6) is 11.5 Å². The van der Waals surface area contributed by atoms with Crippen LogP contribution in [0.2, 0.25) is 0 Å². The number of hydrogen-bond acceptors (Lipinski definition) is 8. The molecule has 0 bridgehead atoms. The molecule has 0 aliphatic heterocycles. The number of carbonyl (C=O) groups is 1. The second-order valence-corrected chi connectivity index (χ2v) is 9.26. The number of thioether (sulfide) groups is 1. The van der Waals surface area contributed by atoms with Crippen molar-refractivity contribution in [2.75, 3.05) is 7.11 Å². The lowest BCUT2D eigenvalue weighted by Gasteiger charge is -2.08. The van der Waals surface area contributed by atoms with Gasteiger partial charge in [0.15, 0.2) is 0 Å². The Morgan fingerprint density at radius 2 is 1.62 bits per heavy atom. The highest BCUT2D eigenvalue weighted by molar-refractivity contribution is 8.15. The molecule has 0 heterocycles. The van der Waals surface area contributed by atoms with Crippen LogP contribution >= 0.6 is 11.8 Å². The summed E-state index contributed by atoms with van der Waals surface area (Å²) in [5.41, 5.74) is 1.49. The fourth-order valence-corrected chi connectivity index (χ4v) is 4.16. The van der Waals surface area contributed by atoms with Crippen molar-refractivity contribution >= 4 is 32.9 Å². The third-order valence-corrected chi connectivity index (χ3v) is 5.98. The summed E-state index contributed by atoms with van der Waals surface area (Å²) in [4.78, 5) is 12.7. The number of esters is 1. The smallest absolute Gasteiger partial charge is 0.367 e. The number of aryl methyl sites for hydroxylation is 1. The Labute approximate surface area is 191 Å². The minimum atomic E-state index is -4.12. The Kier molecular flexibility index (Phi) is 7.91. The van der Waals surface area contributed by atoms with E-state index in [1.807, 2.05) is 37.3 Å². The van der Waals surface area contributed by atoms with Gasteiger partial charge in [0.2, 0.25) is 5.04 Å². The molecule has 0 fully saturated rings. The zero-order valence-electron chi connectivity index (χ0n) is 17.4. The third kappa shape index (κ3) is 7.14. The zero-order chi connectivity index (χ0) is 23.0. The molecular formula is C23H21NO6S2. The van der Waals surface area contributed by atoms with E-state index in [0.717, 1.165) is 17.3 Å². The van der Waals surface area contributed by atoms with Gasteiger partial charge in [-0.2, -0.15) is 8.42 Å². The molecule has 0 saturated carbocycles. The monoisotopic (exact) mass is 471 g/mol. The lowest BCUT2D eigenvalue weighted by molar-refractivity contribution is -0.132. The zero-order valence-corrected chi connectivity index (χ0v) is 19.1. The van der Waals surface area contributed by atoms with Crippen molar-refractivity contribution in [1.82, 2.24) is 0 Å². The maximum Gasteiger partial charge on any atom is 0.367 e. The van der Waals surface area contributed by atoms with Crippen LogP contribution in [0.15, 0.2) is 88.9 Å². The number of nitrogens with zero attached hydrogens (tertiary/aromatic N) is 1. The van der Waals surface area contributed by atoms with Crippen LogP contribution in [0.1, 0.15) is 11.1 Å². The predicted octanol–water partition coefficient (Wildman–Crippen LogP) is 4.91. The first kappa shape index (κ1) is 23.4. The highest BCUT2D eigenvalue weighted by Crippen LogP contribution is 2.24. The molecule has 0 aromatic heterocycles. The second kappa shape index (κ2) is 10.8. The number of hydrogen-bond donors (Lipinski definition) is 0. The average molecular weight is 472 g/mol.